The van der Waals surface area contributed by atoms with Gasteiger partial charge in [-0.15, -0.1) is 0 Å². The molecule has 0 radical (unpaired) electrons. The van der Waals surface area contributed by atoms with E-state index in [-0.39, 0.29) is 5.56 Å². The molecule has 1 fully saturated rings. The molecule has 0 spiro atoms. The number of H-pyrrole nitrogens is 2. The van der Waals surface area contributed by atoms with Gasteiger partial charge in [-0.3, -0.25) is 9.69 Å². The monoisotopic (exact) mass is 232 g/mol. The molecule has 3 rings (SSSR count). The van der Waals surface area contributed by atoms with E-state index in [1.54, 1.807) is 0 Å². The van der Waals surface area contributed by atoms with Gasteiger partial charge < -0.3 is 9.97 Å². The van der Waals surface area contributed by atoms with Crippen LogP contribution in [0.2, 0.25) is 0 Å². The highest BCUT2D eigenvalue weighted by molar-refractivity contribution is 5.77. The Labute approximate surface area is 98.9 Å². The number of aromatic amines is 2. The van der Waals surface area contributed by atoms with Crippen molar-refractivity contribution < 1.29 is 0 Å². The Kier molecular flexibility index (Phi) is 2.48. The van der Waals surface area contributed by atoms with E-state index >= 15 is 0 Å². The number of likely N-dealkylation sites (tertiary alicyclic amines) is 1. The van der Waals surface area contributed by atoms with Gasteiger partial charge in [0, 0.05) is 24.8 Å². The number of fused-ring (bicyclic) bond motifs is 1. The van der Waals surface area contributed by atoms with Crippen LogP contribution in [0.5, 0.6) is 0 Å². The maximum Gasteiger partial charge on any atom is 0.275 e. The Hall–Kier alpha value is -1.62. The summed E-state index contributed by atoms with van der Waals surface area (Å²) in [6, 6.07) is 0. The maximum absolute atomic E-state index is 11.5. The molecule has 0 aromatic carbocycles. The van der Waals surface area contributed by atoms with Gasteiger partial charge in [0.1, 0.15) is 5.52 Å². The summed E-state index contributed by atoms with van der Waals surface area (Å²) in [4.78, 5) is 23.8. The lowest BCUT2D eigenvalue weighted by molar-refractivity contribution is 0.321. The Bertz CT molecular complexity index is 585. The standard InChI is InChI=1S/C12H16N4O/c1-8-2-3-16(5-8)6-9-4-13-11-10(9)14-7-15-12(11)17/h4,7-8,13H,2-3,5-6H2,1H3,(H,14,15,17). The summed E-state index contributed by atoms with van der Waals surface area (Å²) >= 11 is 0. The van der Waals surface area contributed by atoms with Gasteiger partial charge in [0.2, 0.25) is 0 Å². The zero-order valence-electron chi connectivity index (χ0n) is 9.86. The zero-order chi connectivity index (χ0) is 11.8. The fourth-order valence-corrected chi connectivity index (χ4v) is 2.54. The molecular formula is C12H16N4O. The molecule has 1 aliphatic rings. The summed E-state index contributed by atoms with van der Waals surface area (Å²) in [6.07, 6.45) is 4.63. The molecule has 1 unspecified atom stereocenters. The highest BCUT2D eigenvalue weighted by Crippen LogP contribution is 2.20. The number of hydrogen-bond acceptors (Lipinski definition) is 3. The molecule has 5 nitrogen and oxygen atoms in total. The minimum absolute atomic E-state index is 0.101. The molecular weight excluding hydrogens is 216 g/mol. The van der Waals surface area contributed by atoms with Crippen LogP contribution in [0.25, 0.3) is 11.0 Å². The van der Waals surface area contributed by atoms with E-state index in [9.17, 15) is 4.79 Å². The lowest BCUT2D eigenvalue weighted by atomic mass is 10.2. The lowest BCUT2D eigenvalue weighted by Gasteiger charge is -2.13. The first-order valence-corrected chi connectivity index (χ1v) is 6.00. The van der Waals surface area contributed by atoms with Crippen molar-refractivity contribution in [2.24, 2.45) is 5.92 Å². The van der Waals surface area contributed by atoms with Crippen molar-refractivity contribution in [3.8, 4) is 0 Å². The van der Waals surface area contributed by atoms with Crippen LogP contribution in [0.1, 0.15) is 18.9 Å². The molecule has 0 amide bonds. The smallest absolute Gasteiger partial charge is 0.275 e. The Balaban J connectivity index is 1.91. The summed E-state index contributed by atoms with van der Waals surface area (Å²) < 4.78 is 0. The maximum atomic E-state index is 11.5. The molecule has 1 aliphatic heterocycles. The average Bonchev–Trinajstić information content (AvgIpc) is 2.88. The first-order valence-electron chi connectivity index (χ1n) is 6.00. The third kappa shape index (κ3) is 1.86. The van der Waals surface area contributed by atoms with Gasteiger partial charge in [-0.05, 0) is 18.9 Å². The lowest BCUT2D eigenvalue weighted by Crippen LogP contribution is -2.19. The van der Waals surface area contributed by atoms with Gasteiger partial charge in [0.05, 0.1) is 11.8 Å². The molecule has 90 valence electrons. The van der Waals surface area contributed by atoms with Crippen molar-refractivity contribution in [1.29, 1.82) is 0 Å². The van der Waals surface area contributed by atoms with Crippen LogP contribution < -0.4 is 5.56 Å². The van der Waals surface area contributed by atoms with Crippen LogP contribution >= 0.6 is 0 Å². The molecule has 1 saturated heterocycles. The predicted molar refractivity (Wildman–Crippen MR) is 65.8 cm³/mol. The van der Waals surface area contributed by atoms with Gasteiger partial charge >= 0.3 is 0 Å². The van der Waals surface area contributed by atoms with Gasteiger partial charge in [-0.2, -0.15) is 0 Å². The third-order valence-corrected chi connectivity index (χ3v) is 3.45. The van der Waals surface area contributed by atoms with E-state index in [0.29, 0.717) is 5.52 Å². The molecule has 1 atom stereocenters. The van der Waals surface area contributed by atoms with E-state index in [4.69, 9.17) is 0 Å². The number of hydrogen-bond donors (Lipinski definition) is 2. The first kappa shape index (κ1) is 10.5. The number of rotatable bonds is 2. The van der Waals surface area contributed by atoms with Gasteiger partial charge in [0.25, 0.3) is 5.56 Å². The summed E-state index contributed by atoms with van der Waals surface area (Å²) in [5, 5.41) is 0. The quantitative estimate of drug-likeness (QED) is 0.814. The van der Waals surface area contributed by atoms with Crippen molar-refractivity contribution >= 4 is 11.0 Å². The number of nitrogens with one attached hydrogen (secondary N) is 2. The molecule has 2 aromatic heterocycles. The van der Waals surface area contributed by atoms with Crippen molar-refractivity contribution in [2.45, 2.75) is 19.9 Å². The summed E-state index contributed by atoms with van der Waals surface area (Å²) in [6.45, 7) is 5.42. The molecule has 5 heteroatoms. The summed E-state index contributed by atoms with van der Waals surface area (Å²) in [7, 11) is 0. The second-order valence-electron chi connectivity index (χ2n) is 4.90. The number of aromatic nitrogens is 3. The Morgan fingerprint density at radius 3 is 3.18 bits per heavy atom. The topological polar surface area (TPSA) is 64.8 Å². The molecule has 0 aliphatic carbocycles. The largest absolute Gasteiger partial charge is 0.355 e. The highest BCUT2D eigenvalue weighted by atomic mass is 16.1. The minimum atomic E-state index is -0.101. The van der Waals surface area contributed by atoms with E-state index in [1.165, 1.54) is 12.7 Å². The normalized spacial score (nSPS) is 21.4. The van der Waals surface area contributed by atoms with Crippen LogP contribution in [0.3, 0.4) is 0 Å². The van der Waals surface area contributed by atoms with Crippen LogP contribution in [0, 0.1) is 5.92 Å². The molecule has 3 heterocycles. The number of nitrogens with zero attached hydrogens (tertiary/aromatic N) is 2. The molecule has 2 aromatic rings. The van der Waals surface area contributed by atoms with Gasteiger partial charge in [-0.1, -0.05) is 6.92 Å². The third-order valence-electron chi connectivity index (χ3n) is 3.45. The Morgan fingerprint density at radius 1 is 1.53 bits per heavy atom. The van der Waals surface area contributed by atoms with Gasteiger partial charge in [-0.25, -0.2) is 4.98 Å². The van der Waals surface area contributed by atoms with Gasteiger partial charge in [0.15, 0.2) is 0 Å². The minimum Gasteiger partial charge on any atom is -0.355 e. The van der Waals surface area contributed by atoms with E-state index < -0.39 is 0 Å². The second-order valence-corrected chi connectivity index (χ2v) is 4.90. The van der Waals surface area contributed by atoms with Crippen LogP contribution in [-0.2, 0) is 6.54 Å². The second kappa shape index (κ2) is 4.00. The highest BCUT2D eigenvalue weighted by Gasteiger charge is 2.20. The van der Waals surface area contributed by atoms with Crippen molar-refractivity contribution in [1.82, 2.24) is 19.9 Å². The van der Waals surface area contributed by atoms with E-state index in [2.05, 4.69) is 26.8 Å². The fourth-order valence-electron chi connectivity index (χ4n) is 2.54. The SMILES string of the molecule is CC1CCN(Cc2c[nH]c3c(=O)[nH]cnc23)C1. The van der Waals surface area contributed by atoms with E-state index in [1.807, 2.05) is 6.20 Å². The summed E-state index contributed by atoms with van der Waals surface area (Å²) in [5.74, 6) is 0.775. The Morgan fingerprint density at radius 2 is 2.41 bits per heavy atom. The first-order chi connectivity index (χ1) is 8.24. The van der Waals surface area contributed by atoms with Crippen LogP contribution in [0.4, 0.5) is 0 Å². The zero-order valence-corrected chi connectivity index (χ0v) is 9.86. The van der Waals surface area contributed by atoms with E-state index in [0.717, 1.165) is 36.6 Å². The van der Waals surface area contributed by atoms with Crippen molar-refractivity contribution in [2.75, 3.05) is 13.1 Å². The van der Waals surface area contributed by atoms with Crippen molar-refractivity contribution in [3.05, 3.63) is 28.4 Å². The average molecular weight is 232 g/mol. The van der Waals surface area contributed by atoms with Crippen LogP contribution in [0.15, 0.2) is 17.3 Å². The van der Waals surface area contributed by atoms with Crippen molar-refractivity contribution in [3.63, 3.8) is 0 Å². The fraction of sp³-hybridized carbons (Fsp3) is 0.500. The molecule has 2 N–H and O–H groups in total. The molecule has 0 saturated carbocycles. The van der Waals surface area contributed by atoms with Crippen LogP contribution in [-0.4, -0.2) is 32.9 Å². The predicted octanol–water partition coefficient (Wildman–Crippen LogP) is 1.09. The molecule has 0 bridgehead atoms. The summed E-state index contributed by atoms with van der Waals surface area (Å²) in [5.41, 5.74) is 2.39. The molecule has 17 heavy (non-hydrogen) atoms.